The van der Waals surface area contributed by atoms with Crippen LogP contribution in [0.25, 0.3) is 22.3 Å². The van der Waals surface area contributed by atoms with Gasteiger partial charge in [-0.2, -0.15) is 0 Å². The number of hydrogen-bond acceptors (Lipinski definition) is 3. The number of fused-ring (bicyclic) bond motifs is 7. The van der Waals surface area contributed by atoms with Crippen molar-refractivity contribution in [3.8, 4) is 22.3 Å². The van der Waals surface area contributed by atoms with Gasteiger partial charge < -0.3 is 14.7 Å². The smallest absolute Gasteiger partial charge is 0.0545 e. The van der Waals surface area contributed by atoms with E-state index >= 15 is 0 Å². The Kier molecular flexibility index (Phi) is 11.3. The van der Waals surface area contributed by atoms with E-state index in [9.17, 15) is 0 Å². The Hall–Kier alpha value is -7.62. The Morgan fingerprint density at radius 2 is 0.728 bits per heavy atom. The van der Waals surface area contributed by atoms with Crippen LogP contribution in [0, 0.1) is 6.92 Å². The lowest BCUT2D eigenvalue weighted by molar-refractivity contribution is 0.332. The monoisotopic (exact) mass is 1060 g/mol. The van der Waals surface area contributed by atoms with Gasteiger partial charge in [-0.25, -0.2) is 0 Å². The third-order valence-corrected chi connectivity index (χ3v) is 20.1. The van der Waals surface area contributed by atoms with Crippen LogP contribution in [0.3, 0.4) is 0 Å². The second kappa shape index (κ2) is 17.7. The quantitative estimate of drug-likeness (QED) is 0.157. The van der Waals surface area contributed by atoms with Crippen molar-refractivity contribution < 1.29 is 0 Å². The summed E-state index contributed by atoms with van der Waals surface area (Å²) in [5, 5.41) is 0. The molecular weight excluding hydrogens is 979 g/mol. The fraction of sp³-hybridized carbons (Fsp3) is 0.308. The predicted molar refractivity (Wildman–Crippen MR) is 344 cm³/mol. The van der Waals surface area contributed by atoms with Crippen LogP contribution in [-0.2, 0) is 32.5 Å². The highest BCUT2D eigenvalue weighted by molar-refractivity contribution is 6.02. The summed E-state index contributed by atoms with van der Waals surface area (Å²) >= 11 is 0. The van der Waals surface area contributed by atoms with Gasteiger partial charge in [0.2, 0.25) is 0 Å². The van der Waals surface area contributed by atoms with Crippen LogP contribution in [0.4, 0.5) is 51.2 Å². The number of hydrogen-bond donors (Lipinski definition) is 0. The van der Waals surface area contributed by atoms with Gasteiger partial charge in [-0.05, 0) is 199 Å². The Balaban J connectivity index is 1.17. The van der Waals surface area contributed by atoms with E-state index in [-0.39, 0.29) is 38.4 Å². The zero-order valence-corrected chi connectivity index (χ0v) is 50.1. The molecule has 0 N–H and O–H groups in total. The summed E-state index contributed by atoms with van der Waals surface area (Å²) in [6, 6.07) is 72.6. The van der Waals surface area contributed by atoms with Crippen molar-refractivity contribution in [1.82, 2.24) is 0 Å². The fourth-order valence-corrected chi connectivity index (χ4v) is 16.5. The average molecular weight is 1060 g/mol. The zero-order chi connectivity index (χ0) is 56.3. The molecule has 0 aromatic heterocycles. The molecule has 1 atom stereocenters. The molecule has 0 fully saturated rings. The molecule has 0 radical (unpaired) electrons. The van der Waals surface area contributed by atoms with Gasteiger partial charge in [0.25, 0.3) is 0 Å². The molecule has 3 aliphatic carbocycles. The van der Waals surface area contributed by atoms with E-state index in [1.807, 2.05) is 0 Å². The van der Waals surface area contributed by atoms with Crippen LogP contribution in [0.5, 0.6) is 0 Å². The SMILES string of the molecule is Cc1cc2c(cc1N1c3cc4c(cc3C3c5cc6c(cc5N(c5ccc(-c7ccccc7)cc5-c5ccccc5)c5cc(N(c7ccccc7)c7ccccc7)cc1c53)C(C)(C)CC6(C)C)C(C)(C)CC4(C)C)C(C)(C)CCC2(C)C. The molecular formula is C78H79N3. The maximum atomic E-state index is 2.76. The molecule has 1 unspecified atom stereocenters. The van der Waals surface area contributed by atoms with Crippen molar-refractivity contribution in [2.75, 3.05) is 14.7 Å². The molecule has 2 aliphatic heterocycles. The number of para-hydroxylation sites is 2. The summed E-state index contributed by atoms with van der Waals surface area (Å²) in [5.41, 5.74) is 30.0. The Morgan fingerprint density at radius 3 is 1.21 bits per heavy atom. The number of rotatable bonds is 7. The minimum atomic E-state index is -0.0600. The highest BCUT2D eigenvalue weighted by atomic mass is 15.2. The molecule has 3 heteroatoms. The first-order valence-electron chi connectivity index (χ1n) is 30.0. The van der Waals surface area contributed by atoms with Crippen molar-refractivity contribution in [2.24, 2.45) is 0 Å². The molecule has 2 heterocycles. The Bertz CT molecular complexity index is 3970. The lowest BCUT2D eigenvalue weighted by atomic mass is 9.62. The van der Waals surface area contributed by atoms with Gasteiger partial charge in [0.15, 0.2) is 0 Å². The van der Waals surface area contributed by atoms with Crippen molar-refractivity contribution in [3.05, 3.63) is 244 Å². The minimum absolute atomic E-state index is 0.00651. The minimum Gasteiger partial charge on any atom is -0.310 e. The van der Waals surface area contributed by atoms with E-state index in [1.54, 1.807) is 0 Å². The fourth-order valence-electron chi connectivity index (χ4n) is 16.5. The predicted octanol–water partition coefficient (Wildman–Crippen LogP) is 21.8. The Labute approximate surface area is 483 Å². The van der Waals surface area contributed by atoms with Gasteiger partial charge in [0, 0.05) is 34.1 Å². The summed E-state index contributed by atoms with van der Waals surface area (Å²) in [4.78, 5) is 7.98. The molecule has 5 aliphatic rings. The maximum absolute atomic E-state index is 2.76. The molecule has 81 heavy (non-hydrogen) atoms. The van der Waals surface area contributed by atoms with Gasteiger partial charge in [0.1, 0.15) is 0 Å². The first-order chi connectivity index (χ1) is 38.5. The van der Waals surface area contributed by atoms with Crippen molar-refractivity contribution in [3.63, 3.8) is 0 Å². The maximum Gasteiger partial charge on any atom is 0.0545 e. The summed E-state index contributed by atoms with van der Waals surface area (Å²) < 4.78 is 0. The van der Waals surface area contributed by atoms with Crippen molar-refractivity contribution in [2.45, 2.75) is 154 Å². The van der Waals surface area contributed by atoms with E-state index in [2.05, 4.69) is 293 Å². The van der Waals surface area contributed by atoms with E-state index in [0.29, 0.717) is 0 Å². The number of aryl methyl sites for hydroxylation is 1. The van der Waals surface area contributed by atoms with Crippen LogP contribution in [0.15, 0.2) is 188 Å². The molecule has 0 amide bonds. The lowest BCUT2D eigenvalue weighted by Gasteiger charge is -2.48. The van der Waals surface area contributed by atoms with E-state index in [0.717, 1.165) is 36.3 Å². The summed E-state index contributed by atoms with van der Waals surface area (Å²) in [6.07, 6.45) is 4.50. The van der Waals surface area contributed by atoms with Crippen LogP contribution < -0.4 is 14.7 Å². The lowest BCUT2D eigenvalue weighted by Crippen LogP contribution is -2.35. The van der Waals surface area contributed by atoms with E-state index in [4.69, 9.17) is 0 Å². The summed E-state index contributed by atoms with van der Waals surface area (Å²) in [7, 11) is 0. The first-order valence-corrected chi connectivity index (χ1v) is 30.0. The molecule has 406 valence electrons. The number of benzene rings is 9. The third kappa shape index (κ3) is 7.95. The molecule has 0 saturated carbocycles. The molecule has 14 rings (SSSR count). The number of nitrogens with zero attached hydrogens (tertiary/aromatic N) is 3. The summed E-state index contributed by atoms with van der Waals surface area (Å²) in [6.45, 7) is 32.2. The highest BCUT2D eigenvalue weighted by Crippen LogP contribution is 2.66. The summed E-state index contributed by atoms with van der Waals surface area (Å²) in [5.74, 6) is -0.0600. The van der Waals surface area contributed by atoms with E-state index < -0.39 is 0 Å². The van der Waals surface area contributed by atoms with Crippen LogP contribution in [0.2, 0.25) is 0 Å². The highest BCUT2D eigenvalue weighted by Gasteiger charge is 2.50. The molecule has 0 saturated heterocycles. The Morgan fingerprint density at radius 1 is 0.333 bits per heavy atom. The second-order valence-electron chi connectivity index (χ2n) is 28.7. The average Bonchev–Trinajstić information content (AvgIpc) is 2.25. The molecule has 0 spiro atoms. The molecule has 0 bridgehead atoms. The van der Waals surface area contributed by atoms with Crippen LogP contribution in [0.1, 0.15) is 170 Å². The largest absolute Gasteiger partial charge is 0.310 e. The van der Waals surface area contributed by atoms with Gasteiger partial charge in [-0.1, -0.05) is 204 Å². The van der Waals surface area contributed by atoms with Gasteiger partial charge in [-0.15, -0.1) is 0 Å². The molecule has 3 nitrogen and oxygen atoms in total. The van der Waals surface area contributed by atoms with Crippen molar-refractivity contribution in [1.29, 1.82) is 0 Å². The zero-order valence-electron chi connectivity index (χ0n) is 50.1. The molecule has 9 aromatic rings. The van der Waals surface area contributed by atoms with E-state index in [1.165, 1.54) is 118 Å². The molecule has 9 aromatic carbocycles. The second-order valence-corrected chi connectivity index (χ2v) is 28.7. The first kappa shape index (κ1) is 51.5. The van der Waals surface area contributed by atoms with Gasteiger partial charge in [0.05, 0.1) is 34.1 Å². The van der Waals surface area contributed by atoms with Crippen LogP contribution in [-0.4, -0.2) is 0 Å². The van der Waals surface area contributed by atoms with Gasteiger partial charge >= 0.3 is 0 Å². The number of anilines is 9. The normalized spacial score (nSPS) is 19.4. The topological polar surface area (TPSA) is 9.72 Å². The third-order valence-electron chi connectivity index (χ3n) is 20.1. The standard InChI is InChI=1S/C78H79N3/c1-49-38-59-62(74(4,5)37-36-73(59,2)3)44-66(49)81-68-46-64-61(76(8,9)48-78(64,12)13)43-58(68)71-57-42-60-63(77(10,11)47-75(60,6)7)45-67(57)80(65-35-34-52(50-26-18-14-19-27-50)39-56(65)51-28-20-15-21-29-51)69-40-55(41-70(81)72(69)71)79(53-30-22-16-23-31-53)54-32-24-17-25-33-54/h14-35,38-46,71H,36-37,47-48H2,1-13H3. The van der Waals surface area contributed by atoms with Crippen LogP contribution >= 0.6 is 0 Å². The van der Waals surface area contributed by atoms with Gasteiger partial charge in [-0.3, -0.25) is 0 Å². The van der Waals surface area contributed by atoms with Crippen molar-refractivity contribution >= 4 is 51.2 Å².